The summed E-state index contributed by atoms with van der Waals surface area (Å²) >= 11 is 0. The molecule has 1 amide bonds. The standard InChI is InChI=1S/C22H25NO5/c1-15(2)22(16-8-9-19-20(12-16)27-11-5-10-26-19)23-21(25)14-28-18-7-4-3-6-17(18)13-24/h3-4,6-9,12-13,15,22H,5,10-11,14H2,1-2H3,(H,23,25)/t22-/m0/s1. The fraction of sp³-hybridized carbons (Fsp3) is 0.364. The summed E-state index contributed by atoms with van der Waals surface area (Å²) in [7, 11) is 0. The first-order chi connectivity index (χ1) is 13.6. The van der Waals surface area contributed by atoms with Gasteiger partial charge < -0.3 is 19.5 Å². The van der Waals surface area contributed by atoms with Crippen LogP contribution in [0.3, 0.4) is 0 Å². The van der Waals surface area contributed by atoms with Crippen LogP contribution < -0.4 is 19.5 Å². The molecule has 0 fully saturated rings. The van der Waals surface area contributed by atoms with E-state index in [4.69, 9.17) is 14.2 Å². The Kier molecular flexibility index (Phi) is 6.53. The molecule has 0 aliphatic carbocycles. The van der Waals surface area contributed by atoms with Crippen LogP contribution >= 0.6 is 0 Å². The minimum Gasteiger partial charge on any atom is -0.490 e. The van der Waals surface area contributed by atoms with Gasteiger partial charge in [0.1, 0.15) is 5.75 Å². The van der Waals surface area contributed by atoms with Crippen LogP contribution in [0, 0.1) is 5.92 Å². The third-order valence-electron chi connectivity index (χ3n) is 4.52. The number of hydrogen-bond acceptors (Lipinski definition) is 5. The average Bonchev–Trinajstić information content (AvgIpc) is 2.95. The van der Waals surface area contributed by atoms with Crippen molar-refractivity contribution in [1.82, 2.24) is 5.32 Å². The van der Waals surface area contributed by atoms with Crippen LogP contribution in [0.25, 0.3) is 0 Å². The second-order valence-corrected chi connectivity index (χ2v) is 6.99. The zero-order valence-electron chi connectivity index (χ0n) is 16.1. The number of ether oxygens (including phenoxy) is 3. The monoisotopic (exact) mass is 383 g/mol. The first kappa shape index (κ1) is 19.7. The highest BCUT2D eigenvalue weighted by Crippen LogP contribution is 2.34. The van der Waals surface area contributed by atoms with Gasteiger partial charge in [0.25, 0.3) is 5.91 Å². The first-order valence-corrected chi connectivity index (χ1v) is 9.44. The maximum Gasteiger partial charge on any atom is 0.258 e. The van der Waals surface area contributed by atoms with E-state index < -0.39 is 0 Å². The molecule has 0 saturated carbocycles. The maximum absolute atomic E-state index is 12.5. The minimum atomic E-state index is -0.258. The number of fused-ring (bicyclic) bond motifs is 1. The molecule has 1 N–H and O–H groups in total. The lowest BCUT2D eigenvalue weighted by Gasteiger charge is -2.24. The van der Waals surface area contributed by atoms with E-state index in [2.05, 4.69) is 5.32 Å². The Labute approximate surface area is 164 Å². The number of aldehydes is 1. The summed E-state index contributed by atoms with van der Waals surface area (Å²) in [5.74, 6) is 1.72. The van der Waals surface area contributed by atoms with Gasteiger partial charge >= 0.3 is 0 Å². The molecule has 6 heteroatoms. The van der Waals surface area contributed by atoms with Gasteiger partial charge in [-0.25, -0.2) is 0 Å². The molecular weight excluding hydrogens is 358 g/mol. The normalized spacial score (nSPS) is 14.1. The highest BCUT2D eigenvalue weighted by atomic mass is 16.5. The lowest BCUT2D eigenvalue weighted by Crippen LogP contribution is -2.35. The van der Waals surface area contributed by atoms with E-state index in [-0.39, 0.29) is 24.5 Å². The largest absolute Gasteiger partial charge is 0.490 e. The average molecular weight is 383 g/mol. The third-order valence-corrected chi connectivity index (χ3v) is 4.52. The molecule has 148 valence electrons. The number of benzene rings is 2. The Morgan fingerprint density at radius 1 is 1.14 bits per heavy atom. The van der Waals surface area contributed by atoms with Crippen LogP contribution in [0.1, 0.15) is 42.2 Å². The van der Waals surface area contributed by atoms with E-state index in [0.717, 1.165) is 17.7 Å². The second kappa shape index (κ2) is 9.26. The number of carbonyl (C=O) groups is 2. The summed E-state index contributed by atoms with van der Waals surface area (Å²) in [5.41, 5.74) is 1.36. The number of nitrogens with one attached hydrogen (secondary N) is 1. The van der Waals surface area contributed by atoms with Crippen molar-refractivity contribution in [2.24, 2.45) is 5.92 Å². The van der Waals surface area contributed by atoms with Crippen molar-refractivity contribution in [3.8, 4) is 17.2 Å². The second-order valence-electron chi connectivity index (χ2n) is 6.99. The van der Waals surface area contributed by atoms with Gasteiger partial charge in [-0.15, -0.1) is 0 Å². The van der Waals surface area contributed by atoms with Crippen molar-refractivity contribution in [2.45, 2.75) is 26.3 Å². The van der Waals surface area contributed by atoms with Gasteiger partial charge in [-0.05, 0) is 35.7 Å². The van der Waals surface area contributed by atoms with Crippen LogP contribution in [-0.2, 0) is 4.79 Å². The summed E-state index contributed by atoms with van der Waals surface area (Å²) in [5, 5.41) is 3.01. The molecule has 0 unspecified atom stereocenters. The van der Waals surface area contributed by atoms with Crippen molar-refractivity contribution in [3.05, 3.63) is 53.6 Å². The van der Waals surface area contributed by atoms with E-state index >= 15 is 0 Å². The Bertz CT molecular complexity index is 833. The lowest BCUT2D eigenvalue weighted by atomic mass is 9.95. The lowest BCUT2D eigenvalue weighted by molar-refractivity contribution is -0.124. The predicted octanol–water partition coefficient (Wildman–Crippen LogP) is 3.55. The van der Waals surface area contributed by atoms with Crippen LogP contribution in [0.2, 0.25) is 0 Å². The Morgan fingerprint density at radius 2 is 1.89 bits per heavy atom. The molecule has 0 aromatic heterocycles. The van der Waals surface area contributed by atoms with Crippen LogP contribution in [0.5, 0.6) is 17.2 Å². The van der Waals surface area contributed by atoms with E-state index in [0.29, 0.717) is 36.6 Å². The summed E-state index contributed by atoms with van der Waals surface area (Å²) in [6, 6.07) is 12.4. The van der Waals surface area contributed by atoms with Crippen molar-refractivity contribution in [3.63, 3.8) is 0 Å². The third kappa shape index (κ3) is 4.82. The summed E-state index contributed by atoms with van der Waals surface area (Å²) in [6.07, 6.45) is 1.55. The van der Waals surface area contributed by atoms with Gasteiger partial charge in [-0.3, -0.25) is 9.59 Å². The smallest absolute Gasteiger partial charge is 0.258 e. The molecule has 6 nitrogen and oxygen atoms in total. The van der Waals surface area contributed by atoms with Gasteiger partial charge in [0, 0.05) is 6.42 Å². The highest BCUT2D eigenvalue weighted by molar-refractivity contribution is 5.81. The topological polar surface area (TPSA) is 73.9 Å². The number of hydrogen-bond donors (Lipinski definition) is 1. The Hall–Kier alpha value is -3.02. The molecule has 1 aliphatic heterocycles. The molecule has 3 rings (SSSR count). The molecule has 0 radical (unpaired) electrons. The van der Waals surface area contributed by atoms with E-state index in [1.165, 1.54) is 0 Å². The fourth-order valence-electron chi connectivity index (χ4n) is 3.08. The fourth-order valence-corrected chi connectivity index (χ4v) is 3.08. The van der Waals surface area contributed by atoms with Gasteiger partial charge in [-0.1, -0.05) is 32.0 Å². The molecule has 0 saturated heterocycles. The molecule has 1 aliphatic rings. The van der Waals surface area contributed by atoms with E-state index in [9.17, 15) is 9.59 Å². The molecule has 28 heavy (non-hydrogen) atoms. The van der Waals surface area contributed by atoms with Crippen molar-refractivity contribution >= 4 is 12.2 Å². The molecule has 1 atom stereocenters. The SMILES string of the molecule is CC(C)[C@H](NC(=O)COc1ccccc1C=O)c1ccc2c(c1)OCCCO2. The predicted molar refractivity (Wildman–Crippen MR) is 105 cm³/mol. The van der Waals surface area contributed by atoms with Crippen molar-refractivity contribution in [2.75, 3.05) is 19.8 Å². The van der Waals surface area contributed by atoms with E-state index in [1.54, 1.807) is 24.3 Å². The number of amides is 1. The number of para-hydroxylation sites is 1. The summed E-state index contributed by atoms with van der Waals surface area (Å²) in [6.45, 7) is 5.15. The molecule has 2 aromatic carbocycles. The maximum atomic E-state index is 12.5. The van der Waals surface area contributed by atoms with Gasteiger partial charge in [0.2, 0.25) is 0 Å². The van der Waals surface area contributed by atoms with Gasteiger partial charge in [0.15, 0.2) is 24.4 Å². The summed E-state index contributed by atoms with van der Waals surface area (Å²) in [4.78, 5) is 23.5. The Balaban J connectivity index is 1.68. The van der Waals surface area contributed by atoms with Crippen LogP contribution in [-0.4, -0.2) is 32.0 Å². The molecule has 0 bridgehead atoms. The molecule has 2 aromatic rings. The zero-order valence-corrected chi connectivity index (χ0v) is 16.1. The first-order valence-electron chi connectivity index (χ1n) is 9.44. The van der Waals surface area contributed by atoms with Crippen molar-refractivity contribution in [1.29, 1.82) is 0 Å². The molecule has 1 heterocycles. The van der Waals surface area contributed by atoms with Crippen molar-refractivity contribution < 1.29 is 23.8 Å². The zero-order chi connectivity index (χ0) is 19.9. The molecular formula is C22H25NO5. The minimum absolute atomic E-state index is 0.163. The quantitative estimate of drug-likeness (QED) is 0.740. The van der Waals surface area contributed by atoms with E-state index in [1.807, 2.05) is 32.0 Å². The van der Waals surface area contributed by atoms with Gasteiger partial charge in [0.05, 0.1) is 24.8 Å². The Morgan fingerprint density at radius 3 is 2.64 bits per heavy atom. The number of rotatable bonds is 7. The highest BCUT2D eigenvalue weighted by Gasteiger charge is 2.21. The summed E-state index contributed by atoms with van der Waals surface area (Å²) < 4.78 is 17.0. The van der Waals surface area contributed by atoms with Crippen LogP contribution in [0.15, 0.2) is 42.5 Å². The molecule has 0 spiro atoms. The number of carbonyl (C=O) groups excluding carboxylic acids is 2. The van der Waals surface area contributed by atoms with Gasteiger partial charge in [-0.2, -0.15) is 0 Å². The van der Waals surface area contributed by atoms with Crippen LogP contribution in [0.4, 0.5) is 0 Å².